The number of hydrogen-bond acceptors (Lipinski definition) is 3. The topological polar surface area (TPSA) is 82.7 Å². The van der Waals surface area contributed by atoms with Gasteiger partial charge in [-0.3, -0.25) is 4.99 Å². The first-order chi connectivity index (χ1) is 12.7. The minimum absolute atomic E-state index is 0.303. The molecule has 5 N–H and O–H groups in total. The highest BCUT2D eigenvalue weighted by atomic mass is 16.3. The summed E-state index contributed by atoms with van der Waals surface area (Å²) in [7, 11) is 1.76. The fourth-order valence-electron chi connectivity index (χ4n) is 2.88. The predicted molar refractivity (Wildman–Crippen MR) is 110 cm³/mol. The molecule has 2 aromatic carbocycles. The maximum atomic E-state index is 10.1. The van der Waals surface area contributed by atoms with Gasteiger partial charge in [0.1, 0.15) is 5.75 Å². The Morgan fingerprint density at radius 2 is 1.81 bits per heavy atom. The van der Waals surface area contributed by atoms with Gasteiger partial charge in [-0.25, -0.2) is 0 Å². The van der Waals surface area contributed by atoms with Gasteiger partial charge in [-0.2, -0.15) is 0 Å². The molecular weight excluding hydrogens is 324 g/mol. The molecule has 0 unspecified atom stereocenters. The summed E-state index contributed by atoms with van der Waals surface area (Å²) in [5, 5.41) is 16.2. The van der Waals surface area contributed by atoms with Gasteiger partial charge < -0.3 is 21.5 Å². The Morgan fingerprint density at radius 1 is 1.12 bits per heavy atom. The van der Waals surface area contributed by atoms with Crippen molar-refractivity contribution in [1.82, 2.24) is 10.6 Å². The van der Waals surface area contributed by atoms with Gasteiger partial charge in [-0.05, 0) is 42.6 Å². The normalized spacial score (nSPS) is 13.0. The van der Waals surface area contributed by atoms with Crippen molar-refractivity contribution in [3.8, 4) is 16.9 Å². The van der Waals surface area contributed by atoms with Crippen LogP contribution in [0.15, 0.2) is 53.5 Å². The van der Waals surface area contributed by atoms with Gasteiger partial charge in [0.2, 0.25) is 0 Å². The molecule has 0 amide bonds. The lowest BCUT2D eigenvalue weighted by atomic mass is 9.92. The Labute approximate surface area is 155 Å². The third-order valence-electron chi connectivity index (χ3n) is 4.05. The Balaban J connectivity index is 0.000000290. The first kappa shape index (κ1) is 19.5. The second-order valence-electron chi connectivity index (χ2n) is 5.86. The molecule has 1 fully saturated rings. The fourth-order valence-corrected chi connectivity index (χ4v) is 2.88. The van der Waals surface area contributed by atoms with Gasteiger partial charge in [0.15, 0.2) is 5.96 Å². The van der Waals surface area contributed by atoms with E-state index in [0.717, 1.165) is 42.2 Å². The summed E-state index contributed by atoms with van der Waals surface area (Å²) in [6.45, 7) is 4.56. The lowest BCUT2D eigenvalue weighted by Crippen LogP contribution is -2.23. The van der Waals surface area contributed by atoms with Crippen LogP contribution in [0.2, 0.25) is 0 Å². The van der Waals surface area contributed by atoms with Gasteiger partial charge in [0.25, 0.3) is 0 Å². The van der Waals surface area contributed by atoms with Crippen molar-refractivity contribution < 1.29 is 5.11 Å². The molecule has 0 spiro atoms. The number of allylic oxidation sites excluding steroid dienone is 1. The van der Waals surface area contributed by atoms with Crippen molar-refractivity contribution in [1.29, 1.82) is 0 Å². The predicted octanol–water partition coefficient (Wildman–Crippen LogP) is 2.76. The highest BCUT2D eigenvalue weighted by molar-refractivity contribution is 5.81. The molecule has 0 aromatic heterocycles. The first-order valence-electron chi connectivity index (χ1n) is 8.88. The van der Waals surface area contributed by atoms with Crippen LogP contribution in [0.25, 0.3) is 17.2 Å². The number of aromatic hydroxyl groups is 1. The van der Waals surface area contributed by atoms with Crippen LogP contribution in [0, 0.1) is 0 Å². The molecule has 0 aliphatic carbocycles. The fraction of sp³-hybridized carbons (Fsp3) is 0.286. The van der Waals surface area contributed by atoms with Crippen molar-refractivity contribution in [2.45, 2.75) is 13.3 Å². The molecule has 1 aliphatic rings. The lowest BCUT2D eigenvalue weighted by Gasteiger charge is -2.14. The molecular formula is C21H28N4O. The number of guanidine groups is 1. The summed E-state index contributed by atoms with van der Waals surface area (Å²) >= 11 is 0. The van der Waals surface area contributed by atoms with E-state index >= 15 is 0 Å². The number of rotatable bonds is 4. The minimum atomic E-state index is 0.303. The molecule has 1 heterocycles. The second kappa shape index (κ2) is 10.3. The molecule has 0 bridgehead atoms. The van der Waals surface area contributed by atoms with Gasteiger partial charge in [0, 0.05) is 25.7 Å². The van der Waals surface area contributed by atoms with Crippen molar-refractivity contribution in [3.05, 3.63) is 59.7 Å². The van der Waals surface area contributed by atoms with Crippen LogP contribution in [0.3, 0.4) is 0 Å². The summed E-state index contributed by atoms with van der Waals surface area (Å²) in [6, 6.07) is 13.8. The molecule has 5 nitrogen and oxygen atoms in total. The zero-order chi connectivity index (χ0) is 18.8. The number of nitrogens with one attached hydrogen (secondary N) is 2. The van der Waals surface area contributed by atoms with Crippen molar-refractivity contribution in [3.63, 3.8) is 0 Å². The van der Waals surface area contributed by atoms with Crippen LogP contribution in [0.5, 0.6) is 5.75 Å². The first-order valence-corrected chi connectivity index (χ1v) is 8.88. The highest BCUT2D eigenvalue weighted by Crippen LogP contribution is 2.34. The summed E-state index contributed by atoms with van der Waals surface area (Å²) in [6.07, 6.45) is 4.68. The summed E-state index contributed by atoms with van der Waals surface area (Å²) in [5.74, 6) is 1.22. The maximum absolute atomic E-state index is 10.1. The number of phenolic OH excluding ortho intramolecular Hbond substituents is 1. The molecule has 3 rings (SSSR count). The summed E-state index contributed by atoms with van der Waals surface area (Å²) in [5.41, 5.74) is 9.90. The average Bonchev–Trinajstić information content (AvgIpc) is 3.20. The van der Waals surface area contributed by atoms with Crippen LogP contribution in [0.4, 0.5) is 0 Å². The maximum Gasteiger partial charge on any atom is 0.191 e. The van der Waals surface area contributed by atoms with E-state index in [1.54, 1.807) is 13.1 Å². The Kier molecular flexibility index (Phi) is 7.71. The second-order valence-corrected chi connectivity index (χ2v) is 5.86. The number of nitrogens with two attached hydrogens (primary N) is 1. The summed E-state index contributed by atoms with van der Waals surface area (Å²) in [4.78, 5) is 3.88. The SMILES string of the molecule is CC=Cc1c(O)ccc(CCN)c1-c1ccccc1.CN=C1NCCN1. The number of nitrogens with zero attached hydrogens (tertiary/aromatic N) is 1. The monoisotopic (exact) mass is 352 g/mol. The zero-order valence-electron chi connectivity index (χ0n) is 15.5. The molecule has 1 aliphatic heterocycles. The quantitative estimate of drug-likeness (QED) is 0.682. The van der Waals surface area contributed by atoms with E-state index in [-0.39, 0.29) is 0 Å². The van der Waals surface area contributed by atoms with E-state index < -0.39 is 0 Å². The van der Waals surface area contributed by atoms with E-state index in [4.69, 9.17) is 5.73 Å². The Hall–Kier alpha value is -2.79. The van der Waals surface area contributed by atoms with Gasteiger partial charge >= 0.3 is 0 Å². The highest BCUT2D eigenvalue weighted by Gasteiger charge is 2.12. The van der Waals surface area contributed by atoms with E-state index in [1.165, 1.54) is 5.56 Å². The van der Waals surface area contributed by atoms with Crippen molar-refractivity contribution in [2.24, 2.45) is 10.7 Å². The van der Waals surface area contributed by atoms with E-state index in [0.29, 0.717) is 12.3 Å². The molecule has 2 aromatic rings. The largest absolute Gasteiger partial charge is 0.507 e. The molecule has 1 saturated heterocycles. The minimum Gasteiger partial charge on any atom is -0.507 e. The van der Waals surface area contributed by atoms with Crippen LogP contribution >= 0.6 is 0 Å². The van der Waals surface area contributed by atoms with Gasteiger partial charge in [0.05, 0.1) is 0 Å². The number of phenols is 1. The van der Waals surface area contributed by atoms with E-state index in [1.807, 2.05) is 43.3 Å². The molecule has 26 heavy (non-hydrogen) atoms. The number of hydrogen-bond donors (Lipinski definition) is 4. The lowest BCUT2D eigenvalue weighted by molar-refractivity contribution is 0.474. The Morgan fingerprint density at radius 3 is 2.35 bits per heavy atom. The third kappa shape index (κ3) is 5.10. The van der Waals surface area contributed by atoms with Gasteiger partial charge in [-0.15, -0.1) is 0 Å². The number of aliphatic imine (C=N–C) groups is 1. The molecule has 0 radical (unpaired) electrons. The average molecular weight is 352 g/mol. The van der Waals surface area contributed by atoms with Crippen LogP contribution in [-0.2, 0) is 6.42 Å². The molecule has 0 saturated carbocycles. The molecule has 138 valence electrons. The third-order valence-corrected chi connectivity index (χ3v) is 4.05. The zero-order valence-corrected chi connectivity index (χ0v) is 15.5. The molecule has 0 atom stereocenters. The van der Waals surface area contributed by atoms with Gasteiger partial charge in [-0.1, -0.05) is 48.6 Å². The smallest absolute Gasteiger partial charge is 0.191 e. The van der Waals surface area contributed by atoms with E-state index in [2.05, 4.69) is 27.8 Å². The Bertz CT molecular complexity index is 746. The van der Waals surface area contributed by atoms with Crippen molar-refractivity contribution >= 4 is 12.0 Å². The number of benzene rings is 2. The van der Waals surface area contributed by atoms with Crippen LogP contribution in [0.1, 0.15) is 18.1 Å². The molecule has 5 heteroatoms. The van der Waals surface area contributed by atoms with E-state index in [9.17, 15) is 5.11 Å². The van der Waals surface area contributed by atoms with Crippen molar-refractivity contribution in [2.75, 3.05) is 26.7 Å². The standard InChI is InChI=1S/C17H19NO.C4H9N3/c1-2-6-15-16(19)10-9-14(11-12-18)17(15)13-7-4-3-5-8-13;1-5-4-6-2-3-7-4/h2-10,19H,11-12,18H2,1H3;2-3H2,1H3,(H2,5,6,7). The van der Waals surface area contributed by atoms with Crippen LogP contribution < -0.4 is 16.4 Å². The summed E-state index contributed by atoms with van der Waals surface area (Å²) < 4.78 is 0. The van der Waals surface area contributed by atoms with Crippen LogP contribution in [-0.4, -0.2) is 37.7 Å².